The number of likely N-dealkylation sites (tertiary alicyclic amines) is 1. The SMILES string of the molecule is O=C(c1cnn2ccccc12)N1CCCC(c2nccn2CC2CCC2)C1. The number of carbonyl (C=O) groups excluding carboxylic acids is 1. The Kier molecular flexibility index (Phi) is 4.19. The number of imidazole rings is 1. The number of rotatable bonds is 4. The van der Waals surface area contributed by atoms with Gasteiger partial charge in [0.1, 0.15) is 5.82 Å². The van der Waals surface area contributed by atoms with Crippen LogP contribution >= 0.6 is 0 Å². The topological polar surface area (TPSA) is 55.4 Å². The van der Waals surface area contributed by atoms with Crippen LogP contribution in [0.2, 0.25) is 0 Å². The van der Waals surface area contributed by atoms with Crippen molar-refractivity contribution in [1.29, 1.82) is 0 Å². The van der Waals surface area contributed by atoms with E-state index < -0.39 is 0 Å². The lowest BCUT2D eigenvalue weighted by molar-refractivity contribution is 0.0704. The lowest BCUT2D eigenvalue weighted by atomic mass is 9.85. The lowest BCUT2D eigenvalue weighted by Crippen LogP contribution is -2.40. The van der Waals surface area contributed by atoms with E-state index in [2.05, 4.69) is 20.8 Å². The minimum atomic E-state index is 0.0815. The van der Waals surface area contributed by atoms with E-state index in [1.807, 2.05) is 35.5 Å². The molecule has 27 heavy (non-hydrogen) atoms. The van der Waals surface area contributed by atoms with Gasteiger partial charge in [0.25, 0.3) is 5.91 Å². The maximum Gasteiger partial charge on any atom is 0.257 e. The van der Waals surface area contributed by atoms with Crippen molar-refractivity contribution in [1.82, 2.24) is 24.1 Å². The first-order valence-corrected chi connectivity index (χ1v) is 10.0. The number of hydrogen-bond donors (Lipinski definition) is 0. The average molecular weight is 363 g/mol. The lowest BCUT2D eigenvalue weighted by Gasteiger charge is -2.33. The van der Waals surface area contributed by atoms with Gasteiger partial charge in [-0.1, -0.05) is 12.5 Å². The molecule has 2 aliphatic rings. The molecule has 4 heterocycles. The van der Waals surface area contributed by atoms with Gasteiger partial charge in [0.15, 0.2) is 0 Å². The number of nitrogens with zero attached hydrogens (tertiary/aromatic N) is 5. The number of carbonyl (C=O) groups is 1. The van der Waals surface area contributed by atoms with Crippen molar-refractivity contribution in [3.8, 4) is 0 Å². The van der Waals surface area contributed by atoms with E-state index in [1.54, 1.807) is 10.7 Å². The van der Waals surface area contributed by atoms with Crippen LogP contribution in [0.3, 0.4) is 0 Å². The fourth-order valence-electron chi connectivity index (χ4n) is 4.43. The molecule has 6 nitrogen and oxygen atoms in total. The number of hydrogen-bond acceptors (Lipinski definition) is 3. The van der Waals surface area contributed by atoms with Crippen LogP contribution in [0.15, 0.2) is 43.0 Å². The summed E-state index contributed by atoms with van der Waals surface area (Å²) in [4.78, 5) is 19.8. The van der Waals surface area contributed by atoms with E-state index in [4.69, 9.17) is 0 Å². The molecule has 5 rings (SSSR count). The van der Waals surface area contributed by atoms with Gasteiger partial charge < -0.3 is 9.47 Å². The first-order valence-electron chi connectivity index (χ1n) is 10.0. The van der Waals surface area contributed by atoms with Crippen LogP contribution in [-0.4, -0.2) is 43.1 Å². The van der Waals surface area contributed by atoms with Crippen LogP contribution in [0.4, 0.5) is 0 Å². The summed E-state index contributed by atoms with van der Waals surface area (Å²) < 4.78 is 4.10. The van der Waals surface area contributed by atoms with E-state index in [9.17, 15) is 4.79 Å². The number of aromatic nitrogens is 4. The number of fused-ring (bicyclic) bond motifs is 1. The van der Waals surface area contributed by atoms with Gasteiger partial charge in [-0.3, -0.25) is 4.79 Å². The Morgan fingerprint density at radius 2 is 2.07 bits per heavy atom. The molecule has 6 heteroatoms. The molecule has 0 radical (unpaired) electrons. The summed E-state index contributed by atoms with van der Waals surface area (Å²) >= 11 is 0. The fraction of sp³-hybridized carbons (Fsp3) is 0.476. The van der Waals surface area contributed by atoms with Crippen LogP contribution in [-0.2, 0) is 6.54 Å². The highest BCUT2D eigenvalue weighted by Gasteiger charge is 2.30. The van der Waals surface area contributed by atoms with Gasteiger partial charge in [0.2, 0.25) is 0 Å². The first kappa shape index (κ1) is 16.5. The standard InChI is InChI=1S/C21H25N5O/c27-21(18-13-23-26-11-2-1-8-19(18)26)25-10-4-7-17(15-25)20-22-9-12-24(20)14-16-5-3-6-16/h1-2,8-9,11-13,16-17H,3-7,10,14-15H2. The van der Waals surface area contributed by atoms with Gasteiger partial charge in [-0.15, -0.1) is 0 Å². The average Bonchev–Trinajstić information content (AvgIpc) is 3.31. The van der Waals surface area contributed by atoms with Crippen LogP contribution in [0.1, 0.15) is 54.2 Å². The minimum Gasteiger partial charge on any atom is -0.338 e. The molecule has 0 bridgehead atoms. The summed E-state index contributed by atoms with van der Waals surface area (Å²) in [7, 11) is 0. The zero-order valence-electron chi connectivity index (χ0n) is 15.5. The predicted molar refractivity (Wildman–Crippen MR) is 103 cm³/mol. The Morgan fingerprint density at radius 3 is 2.93 bits per heavy atom. The van der Waals surface area contributed by atoms with E-state index in [-0.39, 0.29) is 5.91 Å². The molecule has 1 saturated heterocycles. The molecule has 1 aliphatic heterocycles. The molecular weight excluding hydrogens is 338 g/mol. The molecule has 0 N–H and O–H groups in total. The van der Waals surface area contributed by atoms with E-state index >= 15 is 0 Å². The van der Waals surface area contributed by atoms with Crippen LogP contribution in [0, 0.1) is 5.92 Å². The molecule has 0 spiro atoms. The second kappa shape index (κ2) is 6.83. The maximum atomic E-state index is 13.2. The van der Waals surface area contributed by atoms with Gasteiger partial charge in [-0.2, -0.15) is 5.10 Å². The molecule has 2 fully saturated rings. The van der Waals surface area contributed by atoms with Crippen molar-refractivity contribution < 1.29 is 4.79 Å². The third-order valence-corrected chi connectivity index (χ3v) is 6.16. The Morgan fingerprint density at radius 1 is 1.15 bits per heavy atom. The second-order valence-corrected chi connectivity index (χ2v) is 7.91. The summed E-state index contributed by atoms with van der Waals surface area (Å²) in [5, 5.41) is 4.32. The Hall–Kier alpha value is -2.63. The molecule has 1 amide bonds. The predicted octanol–water partition coefficient (Wildman–Crippen LogP) is 3.35. The molecule has 1 atom stereocenters. The summed E-state index contributed by atoms with van der Waals surface area (Å²) in [6.07, 6.45) is 13.7. The van der Waals surface area contributed by atoms with Gasteiger partial charge in [-0.25, -0.2) is 9.50 Å². The molecule has 3 aromatic heterocycles. The Labute approximate surface area is 158 Å². The van der Waals surface area contributed by atoms with Gasteiger partial charge >= 0.3 is 0 Å². The highest BCUT2D eigenvalue weighted by atomic mass is 16.2. The molecule has 140 valence electrons. The highest BCUT2D eigenvalue weighted by Crippen LogP contribution is 2.31. The smallest absolute Gasteiger partial charge is 0.257 e. The van der Waals surface area contributed by atoms with Gasteiger partial charge in [0.05, 0.1) is 17.3 Å². The number of amides is 1. The number of pyridine rings is 1. The summed E-state index contributed by atoms with van der Waals surface area (Å²) in [5.41, 5.74) is 1.56. The van der Waals surface area contributed by atoms with Crippen molar-refractivity contribution in [2.45, 2.75) is 44.6 Å². The van der Waals surface area contributed by atoms with Crippen molar-refractivity contribution in [3.05, 3.63) is 54.4 Å². The van der Waals surface area contributed by atoms with Crippen molar-refractivity contribution in [2.24, 2.45) is 5.92 Å². The normalized spacial score (nSPS) is 20.7. The molecular formula is C21H25N5O. The van der Waals surface area contributed by atoms with E-state index in [1.165, 1.54) is 19.3 Å². The van der Waals surface area contributed by atoms with E-state index in [0.29, 0.717) is 11.5 Å². The van der Waals surface area contributed by atoms with Gasteiger partial charge in [0, 0.05) is 44.1 Å². The van der Waals surface area contributed by atoms with Crippen LogP contribution in [0.5, 0.6) is 0 Å². The van der Waals surface area contributed by atoms with Crippen molar-refractivity contribution >= 4 is 11.4 Å². The molecule has 1 saturated carbocycles. The van der Waals surface area contributed by atoms with Crippen LogP contribution < -0.4 is 0 Å². The number of piperidine rings is 1. The third kappa shape index (κ3) is 3.03. The Balaban J connectivity index is 1.35. The fourth-order valence-corrected chi connectivity index (χ4v) is 4.43. The zero-order chi connectivity index (χ0) is 18.2. The molecule has 0 aromatic carbocycles. The highest BCUT2D eigenvalue weighted by molar-refractivity contribution is 6.00. The van der Waals surface area contributed by atoms with Crippen LogP contribution in [0.25, 0.3) is 5.52 Å². The first-order chi connectivity index (χ1) is 13.3. The molecule has 1 unspecified atom stereocenters. The zero-order valence-corrected chi connectivity index (χ0v) is 15.5. The monoisotopic (exact) mass is 363 g/mol. The minimum absolute atomic E-state index is 0.0815. The summed E-state index contributed by atoms with van der Waals surface area (Å²) in [6, 6.07) is 5.82. The quantitative estimate of drug-likeness (QED) is 0.714. The molecule has 1 aliphatic carbocycles. The van der Waals surface area contributed by atoms with Gasteiger partial charge in [-0.05, 0) is 43.7 Å². The van der Waals surface area contributed by atoms with E-state index in [0.717, 1.165) is 49.7 Å². The third-order valence-electron chi connectivity index (χ3n) is 6.16. The summed E-state index contributed by atoms with van der Waals surface area (Å²) in [5.74, 6) is 2.36. The largest absolute Gasteiger partial charge is 0.338 e. The molecule has 3 aromatic rings. The maximum absolute atomic E-state index is 13.2. The second-order valence-electron chi connectivity index (χ2n) is 7.91. The van der Waals surface area contributed by atoms with Crippen molar-refractivity contribution in [2.75, 3.05) is 13.1 Å². The Bertz CT molecular complexity index is 954. The van der Waals surface area contributed by atoms with Crippen molar-refractivity contribution in [3.63, 3.8) is 0 Å². The summed E-state index contributed by atoms with van der Waals surface area (Å²) in [6.45, 7) is 2.63.